The van der Waals surface area contributed by atoms with Crippen LogP contribution in [0.15, 0.2) is 0 Å². The lowest BCUT2D eigenvalue weighted by molar-refractivity contribution is -0.148. The summed E-state index contributed by atoms with van der Waals surface area (Å²) in [5, 5.41) is 11.6. The van der Waals surface area contributed by atoms with Crippen LogP contribution in [0.1, 0.15) is 20.8 Å². The van der Waals surface area contributed by atoms with Gasteiger partial charge >= 0.3 is 5.97 Å². The molecule has 0 aliphatic rings. The van der Waals surface area contributed by atoms with Crippen LogP contribution >= 0.6 is 0 Å². The van der Waals surface area contributed by atoms with Gasteiger partial charge in [0.15, 0.2) is 6.04 Å². The molecule has 0 radical (unpaired) electrons. The van der Waals surface area contributed by atoms with Crippen molar-refractivity contribution in [1.82, 2.24) is 5.32 Å². The summed E-state index contributed by atoms with van der Waals surface area (Å²) in [6.45, 7) is 4.82. The number of aliphatic hydroxyl groups is 1. The molecule has 0 rings (SSSR count). The van der Waals surface area contributed by atoms with E-state index >= 15 is 0 Å². The van der Waals surface area contributed by atoms with Gasteiger partial charge < -0.3 is 15.2 Å². The molecule has 14 heavy (non-hydrogen) atoms. The molecule has 0 aromatic carbocycles. The number of aliphatic hydroxyl groups excluding tert-OH is 1. The predicted octanol–water partition coefficient (Wildman–Crippen LogP) is -0.319. The van der Waals surface area contributed by atoms with Crippen molar-refractivity contribution < 1.29 is 19.4 Å². The number of methoxy groups -OCH3 is 1. The minimum absolute atomic E-state index is 0.235. The lowest BCUT2D eigenvalue weighted by Gasteiger charge is -2.19. The van der Waals surface area contributed by atoms with E-state index < -0.39 is 18.1 Å². The van der Waals surface area contributed by atoms with Crippen molar-refractivity contribution in [2.24, 2.45) is 5.92 Å². The molecular formula is C9H17NO4. The van der Waals surface area contributed by atoms with E-state index in [2.05, 4.69) is 10.1 Å². The Morgan fingerprint density at radius 3 is 2.07 bits per heavy atom. The van der Waals surface area contributed by atoms with Crippen LogP contribution < -0.4 is 5.32 Å². The Bertz CT molecular complexity index is 213. The van der Waals surface area contributed by atoms with Crippen molar-refractivity contribution in [3.05, 3.63) is 0 Å². The molecule has 82 valence electrons. The van der Waals surface area contributed by atoms with Gasteiger partial charge in [-0.05, 0) is 6.92 Å². The number of amides is 1. The molecular weight excluding hydrogens is 186 g/mol. The molecule has 0 heterocycles. The van der Waals surface area contributed by atoms with Crippen LogP contribution in [0.5, 0.6) is 0 Å². The summed E-state index contributed by atoms with van der Waals surface area (Å²) in [5.74, 6) is -1.17. The van der Waals surface area contributed by atoms with Gasteiger partial charge in [0, 0.05) is 5.92 Å². The summed E-state index contributed by atoms with van der Waals surface area (Å²) in [6.07, 6.45) is -0.967. The zero-order valence-corrected chi connectivity index (χ0v) is 8.90. The average Bonchev–Trinajstić information content (AvgIpc) is 2.11. The van der Waals surface area contributed by atoms with E-state index in [1.165, 1.54) is 14.0 Å². The first-order chi connectivity index (χ1) is 6.40. The van der Waals surface area contributed by atoms with Gasteiger partial charge in [-0.1, -0.05) is 13.8 Å². The lowest BCUT2D eigenvalue weighted by atomic mass is 10.1. The minimum atomic E-state index is -0.991. The van der Waals surface area contributed by atoms with E-state index in [1.807, 2.05) is 0 Å². The van der Waals surface area contributed by atoms with E-state index in [-0.39, 0.29) is 11.8 Å². The summed E-state index contributed by atoms with van der Waals surface area (Å²) in [6, 6.07) is -0.991. The van der Waals surface area contributed by atoms with Gasteiger partial charge in [0.25, 0.3) is 0 Å². The Balaban J connectivity index is 4.38. The fraction of sp³-hybridized carbons (Fsp3) is 0.778. The zero-order valence-electron chi connectivity index (χ0n) is 8.90. The minimum Gasteiger partial charge on any atom is -0.467 e. The highest BCUT2D eigenvalue weighted by Crippen LogP contribution is 1.99. The smallest absolute Gasteiger partial charge is 0.331 e. The summed E-state index contributed by atoms with van der Waals surface area (Å²) < 4.78 is 4.44. The molecule has 0 aliphatic carbocycles. The van der Waals surface area contributed by atoms with Gasteiger partial charge in [-0.25, -0.2) is 4.79 Å². The average molecular weight is 203 g/mol. The fourth-order valence-electron chi connectivity index (χ4n) is 0.823. The third kappa shape index (κ3) is 3.74. The Kier molecular flexibility index (Phi) is 5.15. The molecule has 0 fully saturated rings. The summed E-state index contributed by atoms with van der Waals surface area (Å²) in [7, 11) is 1.21. The maximum atomic E-state index is 11.2. The van der Waals surface area contributed by atoms with E-state index in [1.54, 1.807) is 13.8 Å². The molecule has 0 aromatic rings. The third-order valence-electron chi connectivity index (χ3n) is 1.76. The molecule has 1 amide bonds. The van der Waals surface area contributed by atoms with Crippen molar-refractivity contribution >= 4 is 11.9 Å². The van der Waals surface area contributed by atoms with Crippen LogP contribution in [-0.2, 0) is 14.3 Å². The summed E-state index contributed by atoms with van der Waals surface area (Å²) >= 11 is 0. The van der Waals surface area contributed by atoms with Crippen LogP contribution in [0.2, 0.25) is 0 Å². The number of carbonyl (C=O) groups excluding carboxylic acids is 2. The Morgan fingerprint density at radius 1 is 1.29 bits per heavy atom. The molecule has 0 aromatic heterocycles. The molecule has 2 atom stereocenters. The van der Waals surface area contributed by atoms with E-state index in [9.17, 15) is 14.7 Å². The van der Waals surface area contributed by atoms with Gasteiger partial charge in [-0.2, -0.15) is 0 Å². The standard InChI is InChI=1S/C9H17NO4/c1-5(2)8(12)10-7(6(3)11)9(13)14-4/h5-7,11H,1-4H3,(H,10,12)/t6-,7-/m1/s1. The van der Waals surface area contributed by atoms with E-state index in [0.29, 0.717) is 0 Å². The first-order valence-corrected chi connectivity index (χ1v) is 4.46. The Morgan fingerprint density at radius 2 is 1.79 bits per heavy atom. The van der Waals surface area contributed by atoms with Crippen molar-refractivity contribution in [2.45, 2.75) is 32.9 Å². The second-order valence-electron chi connectivity index (χ2n) is 3.40. The van der Waals surface area contributed by atoms with Crippen molar-refractivity contribution in [2.75, 3.05) is 7.11 Å². The number of hydrogen-bond donors (Lipinski definition) is 2. The number of rotatable bonds is 4. The van der Waals surface area contributed by atoms with Crippen LogP contribution in [0.4, 0.5) is 0 Å². The summed E-state index contributed by atoms with van der Waals surface area (Å²) in [4.78, 5) is 22.4. The van der Waals surface area contributed by atoms with Gasteiger partial charge in [0.05, 0.1) is 13.2 Å². The van der Waals surface area contributed by atoms with Crippen molar-refractivity contribution in [3.63, 3.8) is 0 Å². The quantitative estimate of drug-likeness (QED) is 0.614. The normalized spacial score (nSPS) is 14.7. The molecule has 2 N–H and O–H groups in total. The molecule has 0 unspecified atom stereocenters. The van der Waals surface area contributed by atoms with Crippen LogP contribution in [0.25, 0.3) is 0 Å². The first kappa shape index (κ1) is 12.9. The number of ether oxygens (including phenoxy) is 1. The SMILES string of the molecule is COC(=O)[C@H](NC(=O)C(C)C)[C@@H](C)O. The van der Waals surface area contributed by atoms with Crippen LogP contribution in [0.3, 0.4) is 0 Å². The summed E-state index contributed by atoms with van der Waals surface area (Å²) in [5.41, 5.74) is 0. The molecule has 0 saturated carbocycles. The van der Waals surface area contributed by atoms with Crippen molar-refractivity contribution in [3.8, 4) is 0 Å². The third-order valence-corrected chi connectivity index (χ3v) is 1.76. The fourth-order valence-corrected chi connectivity index (χ4v) is 0.823. The van der Waals surface area contributed by atoms with E-state index in [0.717, 1.165) is 0 Å². The molecule has 0 aliphatic heterocycles. The maximum Gasteiger partial charge on any atom is 0.331 e. The predicted molar refractivity (Wildman–Crippen MR) is 50.5 cm³/mol. The Labute approximate surface area is 83.4 Å². The highest BCUT2D eigenvalue weighted by molar-refractivity contribution is 5.85. The topological polar surface area (TPSA) is 75.6 Å². The van der Waals surface area contributed by atoms with E-state index in [4.69, 9.17) is 0 Å². The lowest BCUT2D eigenvalue weighted by Crippen LogP contribution is -2.49. The molecule has 5 heteroatoms. The second-order valence-corrected chi connectivity index (χ2v) is 3.40. The Hall–Kier alpha value is -1.10. The van der Waals surface area contributed by atoms with Gasteiger partial charge in [-0.3, -0.25) is 4.79 Å². The van der Waals surface area contributed by atoms with Crippen LogP contribution in [-0.4, -0.2) is 36.2 Å². The highest BCUT2D eigenvalue weighted by Gasteiger charge is 2.26. The van der Waals surface area contributed by atoms with Crippen LogP contribution in [0, 0.1) is 5.92 Å². The molecule has 0 spiro atoms. The zero-order chi connectivity index (χ0) is 11.3. The highest BCUT2D eigenvalue weighted by atomic mass is 16.5. The van der Waals surface area contributed by atoms with Gasteiger partial charge in [0.2, 0.25) is 5.91 Å². The first-order valence-electron chi connectivity index (χ1n) is 4.46. The van der Waals surface area contributed by atoms with Gasteiger partial charge in [-0.15, -0.1) is 0 Å². The molecule has 0 bridgehead atoms. The number of hydrogen-bond acceptors (Lipinski definition) is 4. The second kappa shape index (κ2) is 5.59. The maximum absolute atomic E-state index is 11.2. The number of nitrogens with one attached hydrogen (secondary N) is 1. The number of carbonyl (C=O) groups is 2. The monoisotopic (exact) mass is 203 g/mol. The largest absolute Gasteiger partial charge is 0.467 e. The molecule has 5 nitrogen and oxygen atoms in total. The van der Waals surface area contributed by atoms with Crippen molar-refractivity contribution in [1.29, 1.82) is 0 Å². The molecule has 0 saturated heterocycles. The number of esters is 1. The van der Waals surface area contributed by atoms with Gasteiger partial charge in [0.1, 0.15) is 0 Å².